The smallest absolute Gasteiger partial charge is 0.160 e. The van der Waals surface area contributed by atoms with Crippen LogP contribution in [0.25, 0.3) is 100 Å². The van der Waals surface area contributed by atoms with Gasteiger partial charge in [0.25, 0.3) is 0 Å². The molecule has 2 spiro atoms. The third-order valence-electron chi connectivity index (χ3n) is 21.9. The van der Waals surface area contributed by atoms with Gasteiger partial charge in [-0.2, -0.15) is 0 Å². The van der Waals surface area contributed by atoms with Crippen LogP contribution >= 0.6 is 0 Å². The predicted molar refractivity (Wildman–Crippen MR) is 385 cm³/mol. The van der Waals surface area contributed by atoms with Crippen molar-refractivity contribution in [2.45, 2.75) is 48.9 Å². The summed E-state index contributed by atoms with van der Waals surface area (Å²) in [5.41, 5.74) is 32.3. The van der Waals surface area contributed by atoms with Crippen molar-refractivity contribution >= 4 is 21.8 Å². The van der Waals surface area contributed by atoms with E-state index in [4.69, 9.17) is 15.0 Å². The topological polar surface area (TPSA) is 38.7 Å². The summed E-state index contributed by atoms with van der Waals surface area (Å²) in [6.07, 6.45) is 0.785. The lowest BCUT2D eigenvalue weighted by atomic mass is 9.54. The zero-order valence-electron chi connectivity index (χ0n) is 52.6. The van der Waals surface area contributed by atoms with Crippen LogP contribution in [0.3, 0.4) is 0 Å². The van der Waals surface area contributed by atoms with E-state index in [0.717, 1.165) is 61.9 Å². The predicted octanol–water partition coefficient (Wildman–Crippen LogP) is 21.7. The fourth-order valence-electron chi connectivity index (χ4n) is 17.7. The number of pyridine rings is 1. The number of fused-ring (bicyclic) bond motifs is 20. The number of rotatable bonds is 7. The van der Waals surface area contributed by atoms with Crippen molar-refractivity contribution in [2.75, 3.05) is 0 Å². The Balaban J connectivity index is 0.725. The molecule has 1 unspecified atom stereocenters. The number of hydrogen-bond acceptors (Lipinski definition) is 3. The monoisotopic (exact) mass is 1200 g/mol. The van der Waals surface area contributed by atoms with Gasteiger partial charge in [-0.05, 0) is 154 Å². The van der Waals surface area contributed by atoms with Gasteiger partial charge in [0.1, 0.15) is 0 Å². The Labute approximate surface area is 548 Å². The fourth-order valence-corrected chi connectivity index (χ4v) is 17.7. The van der Waals surface area contributed by atoms with Crippen molar-refractivity contribution in [1.29, 1.82) is 0 Å². The molecule has 94 heavy (non-hydrogen) atoms. The van der Waals surface area contributed by atoms with Gasteiger partial charge in [0.15, 0.2) is 5.82 Å². The summed E-state index contributed by atoms with van der Waals surface area (Å²) < 4.78 is 0. The average molecular weight is 1200 g/mol. The second-order valence-corrected chi connectivity index (χ2v) is 27.1. The molecular formula is C91H63N3. The highest BCUT2D eigenvalue weighted by Crippen LogP contribution is 2.65. The molecule has 19 rings (SSSR count). The second-order valence-electron chi connectivity index (χ2n) is 27.1. The van der Waals surface area contributed by atoms with E-state index in [1.807, 2.05) is 0 Å². The molecule has 0 radical (unpaired) electrons. The molecular weight excluding hydrogens is 1140 g/mol. The Morgan fingerprint density at radius 3 is 1.29 bits per heavy atom. The van der Waals surface area contributed by atoms with Crippen molar-refractivity contribution in [3.8, 4) is 78.4 Å². The Morgan fingerprint density at radius 2 is 0.670 bits per heavy atom. The molecule has 0 bridgehead atoms. The van der Waals surface area contributed by atoms with Gasteiger partial charge in [-0.1, -0.05) is 306 Å². The zero-order chi connectivity index (χ0) is 62.5. The SMILES string of the molecule is CC1(C)c2ccccc2C2(c3ccccc3-c3ccccc32)c2cc(-c3nc(-c4ccc(CC5(C)c6ccccc6C6(c7ccccc7-c7ccccc76)c6cc(-c7ccc(-c8cc(-c9ccccc9)c9ccccc9n8)cc7)ccc65)cc4)c4ccccc4n3)ccc21. The van der Waals surface area contributed by atoms with Crippen LogP contribution < -0.4 is 0 Å². The van der Waals surface area contributed by atoms with E-state index in [0.29, 0.717) is 5.82 Å². The van der Waals surface area contributed by atoms with E-state index < -0.39 is 16.2 Å². The third-order valence-corrected chi connectivity index (χ3v) is 21.9. The lowest BCUT2D eigenvalue weighted by molar-refractivity contribution is 0.514. The summed E-state index contributed by atoms with van der Waals surface area (Å²) in [7, 11) is 0. The summed E-state index contributed by atoms with van der Waals surface area (Å²) in [6.45, 7) is 7.26. The number of benzene rings is 13. The second kappa shape index (κ2) is 20.3. The Hall–Kier alpha value is -11.4. The van der Waals surface area contributed by atoms with Crippen LogP contribution in [0.4, 0.5) is 0 Å². The fraction of sp³-hybridized carbons (Fsp3) is 0.0879. The van der Waals surface area contributed by atoms with Crippen LogP contribution in [0.2, 0.25) is 0 Å². The van der Waals surface area contributed by atoms with E-state index in [9.17, 15) is 0 Å². The molecule has 0 saturated carbocycles. The molecule has 0 N–H and O–H groups in total. The van der Waals surface area contributed by atoms with Crippen LogP contribution in [0.5, 0.6) is 0 Å². The Bertz CT molecular complexity index is 5550. The molecule has 4 aliphatic carbocycles. The minimum atomic E-state index is -0.557. The highest BCUT2D eigenvalue weighted by Gasteiger charge is 2.56. The van der Waals surface area contributed by atoms with Crippen LogP contribution in [0, 0.1) is 0 Å². The van der Waals surface area contributed by atoms with Gasteiger partial charge in [0, 0.05) is 38.3 Å². The molecule has 442 valence electrons. The highest BCUT2D eigenvalue weighted by molar-refractivity contribution is 5.98. The summed E-state index contributed by atoms with van der Waals surface area (Å²) in [6, 6.07) is 118. The number of hydrogen-bond donors (Lipinski definition) is 0. The maximum Gasteiger partial charge on any atom is 0.160 e. The summed E-state index contributed by atoms with van der Waals surface area (Å²) in [5, 5.41) is 2.18. The summed E-state index contributed by atoms with van der Waals surface area (Å²) in [5.74, 6) is 0.716. The van der Waals surface area contributed by atoms with Crippen LogP contribution in [0.15, 0.2) is 315 Å². The number of nitrogens with zero attached hydrogens (tertiary/aromatic N) is 3. The molecule has 15 aromatic rings. The molecule has 2 aromatic heterocycles. The van der Waals surface area contributed by atoms with E-state index in [2.05, 4.69) is 336 Å². The molecule has 4 aliphatic rings. The number of aromatic nitrogens is 3. The van der Waals surface area contributed by atoms with Crippen molar-refractivity contribution in [3.63, 3.8) is 0 Å². The van der Waals surface area contributed by atoms with Crippen molar-refractivity contribution in [1.82, 2.24) is 15.0 Å². The van der Waals surface area contributed by atoms with Gasteiger partial charge >= 0.3 is 0 Å². The van der Waals surface area contributed by atoms with Gasteiger partial charge in [-0.25, -0.2) is 15.0 Å². The van der Waals surface area contributed by atoms with Gasteiger partial charge in [-0.15, -0.1) is 0 Å². The van der Waals surface area contributed by atoms with Crippen LogP contribution in [0.1, 0.15) is 93.1 Å². The molecule has 3 heteroatoms. The first-order valence-electron chi connectivity index (χ1n) is 33.0. The molecule has 0 saturated heterocycles. The third kappa shape index (κ3) is 7.58. The standard InChI is InChI=1S/C91H63N3/c1-88(2)75-35-17-19-37-79(75)90(71-31-13-7-25-64(71)65-26-8-14-32-72(65)90)81-54-63(50-51-76(81)88)87-93-84-40-22-12-30-69(84)86(94-87)61-43-41-57(42-44-61)56-89(3)77-36-18-20-38-80(77)91(73-33-15-9-27-66(73)67-28-10-16-34-74(67)91)82-53-62(49-52-78(82)89)58-45-47-60(48-46-58)85-55-70(59-23-5-4-6-24-59)68-29-11-21-39-83(68)92-85/h4-55H,56H2,1-3H3. The molecule has 13 aromatic carbocycles. The first-order chi connectivity index (χ1) is 46.2. The molecule has 1 atom stereocenters. The number of para-hydroxylation sites is 2. The lowest BCUT2D eigenvalue weighted by Crippen LogP contribution is -2.43. The molecule has 3 nitrogen and oxygen atoms in total. The van der Waals surface area contributed by atoms with Crippen LogP contribution in [-0.2, 0) is 28.1 Å². The molecule has 2 heterocycles. The minimum Gasteiger partial charge on any atom is -0.248 e. The van der Waals surface area contributed by atoms with Crippen LogP contribution in [-0.4, -0.2) is 15.0 Å². The van der Waals surface area contributed by atoms with E-state index in [-0.39, 0.29) is 5.41 Å². The zero-order valence-corrected chi connectivity index (χ0v) is 52.6. The quantitative estimate of drug-likeness (QED) is 0.160. The van der Waals surface area contributed by atoms with E-state index in [1.165, 1.54) is 111 Å². The maximum absolute atomic E-state index is 5.64. The maximum atomic E-state index is 5.64. The van der Waals surface area contributed by atoms with E-state index in [1.54, 1.807) is 0 Å². The summed E-state index contributed by atoms with van der Waals surface area (Å²) >= 11 is 0. The first-order valence-corrected chi connectivity index (χ1v) is 33.0. The van der Waals surface area contributed by atoms with Gasteiger partial charge in [0.05, 0.1) is 33.3 Å². The minimum absolute atomic E-state index is 0.254. The molecule has 0 fully saturated rings. The van der Waals surface area contributed by atoms with E-state index >= 15 is 0 Å². The van der Waals surface area contributed by atoms with Gasteiger partial charge < -0.3 is 0 Å². The first kappa shape index (κ1) is 54.4. The van der Waals surface area contributed by atoms with Crippen molar-refractivity contribution < 1.29 is 0 Å². The average Bonchev–Trinajstić information content (AvgIpc) is 1.42. The largest absolute Gasteiger partial charge is 0.248 e. The lowest BCUT2D eigenvalue weighted by Gasteiger charge is -2.48. The Morgan fingerprint density at radius 1 is 0.255 bits per heavy atom. The normalized spacial score (nSPS) is 15.9. The van der Waals surface area contributed by atoms with Gasteiger partial charge in [-0.3, -0.25) is 0 Å². The highest BCUT2D eigenvalue weighted by atomic mass is 14.9. The summed E-state index contributed by atoms with van der Waals surface area (Å²) in [4.78, 5) is 16.3. The van der Waals surface area contributed by atoms with Crippen molar-refractivity contribution in [2.24, 2.45) is 0 Å². The molecule has 0 amide bonds. The Kier molecular flexibility index (Phi) is 11.7. The molecule has 0 aliphatic heterocycles. The van der Waals surface area contributed by atoms with Crippen molar-refractivity contribution in [3.05, 3.63) is 388 Å². The van der Waals surface area contributed by atoms with Gasteiger partial charge in [0.2, 0.25) is 0 Å².